The molecule has 1 saturated heterocycles. The first-order valence-corrected chi connectivity index (χ1v) is 13.6. The maximum atomic E-state index is 14.2. The smallest absolute Gasteiger partial charge is 0.256 e. The molecule has 0 spiro atoms. The van der Waals surface area contributed by atoms with Crippen molar-refractivity contribution in [3.8, 4) is 0 Å². The van der Waals surface area contributed by atoms with Gasteiger partial charge in [-0.3, -0.25) is 14.4 Å². The van der Waals surface area contributed by atoms with E-state index in [1.807, 2.05) is 35.2 Å². The molecule has 9 heteroatoms. The standard InChI is InChI=1S/C33H30F2N4O3/c1-37(22-23-8-3-2-4-9-23)32(41)28-21-26(36-31(40)24-10-7-11-25(34)20-24)14-15-30(28)38-16-18-39(19-17-38)33(42)27-12-5-6-13-29(27)35/h2-15,20-21H,16-19,22H2,1H3,(H,36,40). The number of benzene rings is 4. The molecule has 0 aromatic heterocycles. The first-order chi connectivity index (χ1) is 20.3. The Morgan fingerprint density at radius 2 is 1.50 bits per heavy atom. The molecule has 1 N–H and O–H groups in total. The van der Waals surface area contributed by atoms with Gasteiger partial charge in [0.25, 0.3) is 17.7 Å². The Morgan fingerprint density at radius 3 is 2.21 bits per heavy atom. The molecule has 1 heterocycles. The second kappa shape index (κ2) is 12.6. The van der Waals surface area contributed by atoms with Crippen molar-refractivity contribution in [2.45, 2.75) is 6.54 Å². The highest BCUT2D eigenvalue weighted by molar-refractivity contribution is 6.06. The average Bonchev–Trinajstić information content (AvgIpc) is 3.01. The summed E-state index contributed by atoms with van der Waals surface area (Å²) in [6.07, 6.45) is 0. The Balaban J connectivity index is 1.38. The van der Waals surface area contributed by atoms with Crippen LogP contribution in [-0.4, -0.2) is 60.7 Å². The van der Waals surface area contributed by atoms with Crippen LogP contribution < -0.4 is 10.2 Å². The maximum Gasteiger partial charge on any atom is 0.256 e. The number of nitrogens with zero attached hydrogens (tertiary/aromatic N) is 3. The van der Waals surface area contributed by atoms with Gasteiger partial charge in [-0.15, -0.1) is 0 Å². The molecule has 0 unspecified atom stereocenters. The molecule has 1 aliphatic rings. The Hall–Kier alpha value is -5.05. The van der Waals surface area contributed by atoms with Gasteiger partial charge in [0.2, 0.25) is 0 Å². The number of anilines is 2. The van der Waals surface area contributed by atoms with Gasteiger partial charge in [-0.1, -0.05) is 48.5 Å². The molecule has 1 fully saturated rings. The van der Waals surface area contributed by atoms with E-state index >= 15 is 0 Å². The van der Waals surface area contributed by atoms with Crippen molar-refractivity contribution in [1.82, 2.24) is 9.80 Å². The number of halogens is 2. The molecule has 0 atom stereocenters. The molecule has 0 saturated carbocycles. The normalized spacial score (nSPS) is 13.0. The summed E-state index contributed by atoms with van der Waals surface area (Å²) >= 11 is 0. The first-order valence-electron chi connectivity index (χ1n) is 13.6. The van der Waals surface area contributed by atoms with Crippen LogP contribution in [0.1, 0.15) is 36.6 Å². The average molecular weight is 569 g/mol. The molecule has 7 nitrogen and oxygen atoms in total. The number of nitrogens with one attached hydrogen (secondary N) is 1. The van der Waals surface area contributed by atoms with Crippen molar-refractivity contribution in [2.24, 2.45) is 0 Å². The van der Waals surface area contributed by atoms with Gasteiger partial charge in [0.15, 0.2) is 0 Å². The van der Waals surface area contributed by atoms with Gasteiger partial charge in [-0.25, -0.2) is 8.78 Å². The summed E-state index contributed by atoms with van der Waals surface area (Å²) in [7, 11) is 1.71. The SMILES string of the molecule is CN(Cc1ccccc1)C(=O)c1cc(NC(=O)c2cccc(F)c2)ccc1N1CCN(C(=O)c2ccccc2F)CC1. The van der Waals surface area contributed by atoms with Crippen molar-refractivity contribution in [3.63, 3.8) is 0 Å². The molecule has 42 heavy (non-hydrogen) atoms. The lowest BCUT2D eigenvalue weighted by atomic mass is 10.1. The van der Waals surface area contributed by atoms with E-state index in [1.165, 1.54) is 30.3 Å². The monoisotopic (exact) mass is 568 g/mol. The highest BCUT2D eigenvalue weighted by Crippen LogP contribution is 2.28. The van der Waals surface area contributed by atoms with Crippen molar-refractivity contribution >= 4 is 29.1 Å². The largest absolute Gasteiger partial charge is 0.367 e. The van der Waals surface area contributed by atoms with Crippen LogP contribution in [0.2, 0.25) is 0 Å². The Bertz CT molecular complexity index is 1600. The molecule has 0 bridgehead atoms. The first kappa shape index (κ1) is 28.5. The fourth-order valence-corrected chi connectivity index (χ4v) is 4.98. The molecule has 5 rings (SSSR count). The summed E-state index contributed by atoms with van der Waals surface area (Å²) in [6, 6.07) is 25.9. The van der Waals surface area contributed by atoms with Crippen LogP contribution in [-0.2, 0) is 6.54 Å². The fourth-order valence-electron chi connectivity index (χ4n) is 4.98. The van der Waals surface area contributed by atoms with E-state index < -0.39 is 17.5 Å². The van der Waals surface area contributed by atoms with E-state index in [4.69, 9.17) is 0 Å². The third kappa shape index (κ3) is 6.46. The van der Waals surface area contributed by atoms with Crippen LogP contribution in [0.15, 0.2) is 97.1 Å². The number of piperazine rings is 1. The summed E-state index contributed by atoms with van der Waals surface area (Å²) in [4.78, 5) is 44.7. The third-order valence-corrected chi connectivity index (χ3v) is 7.19. The van der Waals surface area contributed by atoms with E-state index in [9.17, 15) is 23.2 Å². The number of rotatable bonds is 7. The van der Waals surface area contributed by atoms with E-state index in [0.29, 0.717) is 49.7 Å². The summed E-state index contributed by atoms with van der Waals surface area (Å²) in [5.74, 6) is -2.21. The minimum atomic E-state index is -0.560. The van der Waals surface area contributed by atoms with Crippen LogP contribution >= 0.6 is 0 Å². The Kier molecular flexibility index (Phi) is 8.57. The van der Waals surface area contributed by atoms with E-state index in [0.717, 1.165) is 11.6 Å². The predicted molar refractivity (Wildman–Crippen MR) is 158 cm³/mol. The van der Waals surface area contributed by atoms with Crippen LogP contribution in [0.3, 0.4) is 0 Å². The van der Waals surface area contributed by atoms with E-state index in [-0.39, 0.29) is 22.9 Å². The zero-order valence-corrected chi connectivity index (χ0v) is 23.1. The molecule has 4 aromatic rings. The molecular formula is C33H30F2N4O3. The fraction of sp³-hybridized carbons (Fsp3) is 0.182. The van der Waals surface area contributed by atoms with Crippen molar-refractivity contribution in [1.29, 1.82) is 0 Å². The highest BCUT2D eigenvalue weighted by Gasteiger charge is 2.27. The molecular weight excluding hydrogens is 538 g/mol. The minimum absolute atomic E-state index is 0.0303. The van der Waals surface area contributed by atoms with Crippen LogP contribution in [0, 0.1) is 11.6 Å². The summed E-state index contributed by atoms with van der Waals surface area (Å²) in [5, 5.41) is 2.76. The van der Waals surface area contributed by atoms with Crippen LogP contribution in [0.5, 0.6) is 0 Å². The molecule has 4 aromatic carbocycles. The van der Waals surface area contributed by atoms with Gasteiger partial charge < -0.3 is 20.0 Å². The molecule has 0 aliphatic carbocycles. The van der Waals surface area contributed by atoms with Gasteiger partial charge in [0.1, 0.15) is 11.6 Å². The lowest BCUT2D eigenvalue weighted by molar-refractivity contribution is 0.0738. The quantitative estimate of drug-likeness (QED) is 0.322. The van der Waals surface area contributed by atoms with Gasteiger partial charge in [0, 0.05) is 56.7 Å². The number of hydrogen-bond donors (Lipinski definition) is 1. The Morgan fingerprint density at radius 1 is 0.786 bits per heavy atom. The van der Waals surface area contributed by atoms with Gasteiger partial charge >= 0.3 is 0 Å². The maximum absolute atomic E-state index is 14.2. The number of carbonyl (C=O) groups excluding carboxylic acids is 3. The summed E-state index contributed by atoms with van der Waals surface area (Å²) in [6.45, 7) is 1.93. The lowest BCUT2D eigenvalue weighted by Gasteiger charge is -2.37. The zero-order chi connectivity index (χ0) is 29.6. The second-order valence-corrected chi connectivity index (χ2v) is 10.1. The number of amides is 3. The van der Waals surface area contributed by atoms with Gasteiger partial charge in [0.05, 0.1) is 11.1 Å². The minimum Gasteiger partial charge on any atom is -0.367 e. The zero-order valence-electron chi connectivity index (χ0n) is 23.1. The van der Waals surface area contributed by atoms with Crippen molar-refractivity contribution < 1.29 is 23.2 Å². The van der Waals surface area contributed by atoms with Crippen molar-refractivity contribution in [3.05, 3.63) is 131 Å². The number of hydrogen-bond acceptors (Lipinski definition) is 4. The third-order valence-electron chi connectivity index (χ3n) is 7.19. The van der Waals surface area contributed by atoms with E-state index in [2.05, 4.69) is 5.32 Å². The molecule has 214 valence electrons. The predicted octanol–water partition coefficient (Wildman–Crippen LogP) is 5.45. The highest BCUT2D eigenvalue weighted by atomic mass is 19.1. The summed E-state index contributed by atoms with van der Waals surface area (Å²) in [5.41, 5.74) is 2.57. The summed E-state index contributed by atoms with van der Waals surface area (Å²) < 4.78 is 27.9. The van der Waals surface area contributed by atoms with Gasteiger partial charge in [-0.2, -0.15) is 0 Å². The topological polar surface area (TPSA) is 73.0 Å². The lowest BCUT2D eigenvalue weighted by Crippen LogP contribution is -2.49. The Labute approximate surface area is 243 Å². The van der Waals surface area contributed by atoms with Crippen LogP contribution in [0.25, 0.3) is 0 Å². The second-order valence-electron chi connectivity index (χ2n) is 10.1. The van der Waals surface area contributed by atoms with Crippen molar-refractivity contribution in [2.75, 3.05) is 43.4 Å². The van der Waals surface area contributed by atoms with Crippen LogP contribution in [0.4, 0.5) is 20.2 Å². The van der Waals surface area contributed by atoms with Gasteiger partial charge in [-0.05, 0) is 54.1 Å². The molecule has 0 radical (unpaired) electrons. The molecule has 1 aliphatic heterocycles. The molecule has 3 amide bonds. The number of carbonyl (C=O) groups is 3. The van der Waals surface area contributed by atoms with E-state index in [1.54, 1.807) is 47.2 Å².